The van der Waals surface area contributed by atoms with Crippen LogP contribution in [0.15, 0.2) is 0 Å². The standard InChI is InChI=1S/C12H20BBrN2O3S/c13-12(14,11(17)15-7-3-1-4-8-15)20(18,19)16-9-5-2-6-10-16/h1-10H2. The quantitative estimate of drug-likeness (QED) is 0.556. The van der Waals surface area contributed by atoms with Crippen molar-refractivity contribution in [2.45, 2.75) is 42.1 Å². The summed E-state index contributed by atoms with van der Waals surface area (Å²) in [4.78, 5) is 14.0. The summed E-state index contributed by atoms with van der Waals surface area (Å²) < 4.78 is 24.5. The van der Waals surface area contributed by atoms with Crippen molar-refractivity contribution in [2.75, 3.05) is 26.2 Å². The summed E-state index contributed by atoms with van der Waals surface area (Å²) in [6.07, 6.45) is 5.53. The average Bonchev–Trinajstić information content (AvgIpc) is 2.48. The van der Waals surface area contributed by atoms with Crippen molar-refractivity contribution in [1.29, 1.82) is 0 Å². The van der Waals surface area contributed by atoms with E-state index >= 15 is 0 Å². The number of sulfonamides is 1. The zero-order valence-corrected chi connectivity index (χ0v) is 14.0. The van der Waals surface area contributed by atoms with Gasteiger partial charge in [0.05, 0.1) is 0 Å². The first kappa shape index (κ1) is 16.3. The van der Waals surface area contributed by atoms with Gasteiger partial charge in [-0.05, 0) is 32.1 Å². The SMILES string of the molecule is [B]C(Br)(C(=O)N1CCCCC1)S(=O)(=O)N1CCCCC1. The van der Waals surface area contributed by atoms with Gasteiger partial charge in [-0.15, -0.1) is 0 Å². The lowest BCUT2D eigenvalue weighted by molar-refractivity contribution is -0.130. The van der Waals surface area contributed by atoms with Crippen molar-refractivity contribution < 1.29 is 13.2 Å². The molecule has 0 saturated carbocycles. The summed E-state index contributed by atoms with van der Waals surface area (Å²) in [5.41, 5.74) is 0. The van der Waals surface area contributed by atoms with Crippen LogP contribution in [0.5, 0.6) is 0 Å². The number of alkyl halides is 1. The van der Waals surface area contributed by atoms with Crippen LogP contribution < -0.4 is 0 Å². The first-order chi connectivity index (χ1) is 9.37. The number of piperidine rings is 2. The van der Waals surface area contributed by atoms with Crippen LogP contribution in [0.2, 0.25) is 0 Å². The van der Waals surface area contributed by atoms with E-state index < -0.39 is 19.5 Å². The lowest BCUT2D eigenvalue weighted by atomic mass is 10.0. The molecule has 2 aliphatic heterocycles. The zero-order valence-electron chi connectivity index (χ0n) is 11.6. The molecule has 8 heteroatoms. The van der Waals surface area contributed by atoms with E-state index in [0.717, 1.165) is 38.5 Å². The summed E-state index contributed by atoms with van der Waals surface area (Å²) in [6, 6.07) is 0. The van der Waals surface area contributed by atoms with E-state index in [9.17, 15) is 13.2 Å². The molecule has 5 nitrogen and oxygen atoms in total. The predicted molar refractivity (Wildman–Crippen MR) is 82.2 cm³/mol. The van der Waals surface area contributed by atoms with Crippen molar-refractivity contribution >= 4 is 39.7 Å². The Kier molecular flexibility index (Phi) is 5.18. The molecule has 0 aromatic rings. The van der Waals surface area contributed by atoms with Crippen LogP contribution in [0.1, 0.15) is 38.5 Å². The summed E-state index contributed by atoms with van der Waals surface area (Å²) in [5.74, 6) is -0.539. The fourth-order valence-corrected chi connectivity index (χ4v) is 5.05. The van der Waals surface area contributed by atoms with Crippen LogP contribution in [-0.2, 0) is 14.8 Å². The molecule has 1 unspecified atom stereocenters. The minimum Gasteiger partial charge on any atom is -0.341 e. The molecule has 2 radical (unpaired) electrons. The molecule has 2 heterocycles. The molecule has 1 atom stereocenters. The maximum Gasteiger partial charge on any atom is 0.246 e. The van der Waals surface area contributed by atoms with Crippen LogP contribution >= 0.6 is 15.9 Å². The van der Waals surface area contributed by atoms with Gasteiger partial charge in [0.1, 0.15) is 7.85 Å². The van der Waals surface area contributed by atoms with Crippen molar-refractivity contribution in [3.8, 4) is 0 Å². The van der Waals surface area contributed by atoms with Gasteiger partial charge in [-0.3, -0.25) is 4.79 Å². The number of likely N-dealkylation sites (tertiary alicyclic amines) is 1. The Labute approximate surface area is 130 Å². The number of hydrogen-bond acceptors (Lipinski definition) is 3. The smallest absolute Gasteiger partial charge is 0.246 e. The van der Waals surface area contributed by atoms with Crippen LogP contribution in [0.25, 0.3) is 0 Å². The Balaban J connectivity index is 2.16. The molecule has 20 heavy (non-hydrogen) atoms. The fourth-order valence-electron chi connectivity index (χ4n) is 2.72. The Hall–Kier alpha value is -0.0751. The van der Waals surface area contributed by atoms with Gasteiger partial charge in [0.2, 0.25) is 15.9 Å². The van der Waals surface area contributed by atoms with E-state index in [4.69, 9.17) is 7.85 Å². The van der Waals surface area contributed by atoms with Crippen molar-refractivity contribution in [3.05, 3.63) is 0 Å². The second-order valence-electron chi connectivity index (χ2n) is 5.46. The minimum absolute atomic E-state index is 0.445. The first-order valence-corrected chi connectivity index (χ1v) is 9.37. The van der Waals surface area contributed by atoms with E-state index in [0.29, 0.717) is 26.2 Å². The van der Waals surface area contributed by atoms with E-state index in [2.05, 4.69) is 15.9 Å². The molecule has 0 aliphatic carbocycles. The summed E-state index contributed by atoms with van der Waals surface area (Å²) in [7, 11) is 2.02. The van der Waals surface area contributed by atoms with Crippen LogP contribution in [0.3, 0.4) is 0 Å². The lowest BCUT2D eigenvalue weighted by Gasteiger charge is -2.37. The number of hydrogen-bond donors (Lipinski definition) is 0. The van der Waals surface area contributed by atoms with Crippen LogP contribution in [-0.4, -0.2) is 61.1 Å². The summed E-state index contributed by atoms with van der Waals surface area (Å²) in [5, 5.41) is 0. The monoisotopic (exact) mass is 362 g/mol. The number of carbonyl (C=O) groups excluding carboxylic acids is 1. The highest BCUT2D eigenvalue weighted by atomic mass is 79.9. The van der Waals surface area contributed by atoms with Crippen LogP contribution in [0.4, 0.5) is 0 Å². The largest absolute Gasteiger partial charge is 0.341 e. The predicted octanol–water partition coefficient (Wildman–Crippen LogP) is 1.03. The Morgan fingerprint density at radius 2 is 1.40 bits per heavy atom. The van der Waals surface area contributed by atoms with Crippen molar-refractivity contribution in [1.82, 2.24) is 9.21 Å². The molecule has 2 fully saturated rings. The lowest BCUT2D eigenvalue weighted by Crippen LogP contribution is -2.56. The summed E-state index contributed by atoms with van der Waals surface area (Å²) in [6.45, 7) is 2.05. The number of nitrogens with zero attached hydrogens (tertiary/aromatic N) is 2. The summed E-state index contributed by atoms with van der Waals surface area (Å²) >= 11 is 3.00. The highest BCUT2D eigenvalue weighted by Gasteiger charge is 2.48. The third kappa shape index (κ3) is 3.07. The van der Waals surface area contributed by atoms with Gasteiger partial charge in [0.25, 0.3) is 0 Å². The normalized spacial score (nSPS) is 25.1. The van der Waals surface area contributed by atoms with E-state index in [-0.39, 0.29) is 0 Å². The first-order valence-electron chi connectivity index (χ1n) is 7.14. The Morgan fingerprint density at radius 1 is 0.950 bits per heavy atom. The Morgan fingerprint density at radius 3 is 1.90 bits per heavy atom. The molecule has 0 N–H and O–H groups in total. The number of rotatable bonds is 3. The molecule has 112 valence electrons. The van der Waals surface area contributed by atoms with Gasteiger partial charge in [0.15, 0.2) is 3.56 Å². The van der Waals surface area contributed by atoms with Gasteiger partial charge in [-0.2, -0.15) is 0 Å². The van der Waals surface area contributed by atoms with Crippen molar-refractivity contribution in [3.63, 3.8) is 0 Å². The molecular weight excluding hydrogens is 343 g/mol. The van der Waals surface area contributed by atoms with Crippen molar-refractivity contribution in [2.24, 2.45) is 0 Å². The molecule has 0 spiro atoms. The fraction of sp³-hybridized carbons (Fsp3) is 0.917. The maximum atomic E-state index is 12.6. The minimum atomic E-state index is -3.87. The van der Waals surface area contributed by atoms with Gasteiger partial charge in [0, 0.05) is 26.2 Å². The maximum absolute atomic E-state index is 12.6. The highest BCUT2D eigenvalue weighted by Crippen LogP contribution is 2.30. The van der Waals surface area contributed by atoms with Gasteiger partial charge < -0.3 is 4.90 Å². The molecule has 0 bridgehead atoms. The molecular formula is C12H20BBrN2O3S. The van der Waals surface area contributed by atoms with E-state index in [1.165, 1.54) is 4.31 Å². The third-order valence-electron chi connectivity index (χ3n) is 3.97. The topological polar surface area (TPSA) is 57.7 Å². The molecule has 2 rings (SSSR count). The molecule has 2 aliphatic rings. The van der Waals surface area contributed by atoms with E-state index in [1.54, 1.807) is 4.90 Å². The molecule has 0 aromatic carbocycles. The Bertz CT molecular complexity index is 457. The number of amides is 1. The van der Waals surface area contributed by atoms with Gasteiger partial charge in [-0.25, -0.2) is 12.7 Å². The number of carbonyl (C=O) groups is 1. The van der Waals surface area contributed by atoms with Gasteiger partial charge in [-0.1, -0.05) is 22.4 Å². The van der Waals surface area contributed by atoms with Gasteiger partial charge >= 0.3 is 0 Å². The van der Waals surface area contributed by atoms with Crippen LogP contribution in [0, 0.1) is 0 Å². The highest BCUT2D eigenvalue weighted by molar-refractivity contribution is 9.12. The zero-order chi connectivity index (χ0) is 14.8. The third-order valence-corrected chi connectivity index (χ3v) is 7.50. The van der Waals surface area contributed by atoms with E-state index in [1.807, 2.05) is 0 Å². The molecule has 0 aromatic heterocycles. The second-order valence-corrected chi connectivity index (χ2v) is 9.35. The number of halogens is 1. The second kappa shape index (κ2) is 6.36. The molecule has 1 amide bonds. The average molecular weight is 363 g/mol. The molecule has 2 saturated heterocycles.